The number of imidazole rings is 1. The Balaban J connectivity index is 2.40. The van der Waals surface area contributed by atoms with Crippen LogP contribution in [0.5, 0.6) is 5.75 Å². The Labute approximate surface area is 134 Å². The molecule has 0 fully saturated rings. The summed E-state index contributed by atoms with van der Waals surface area (Å²) < 4.78 is 22.4. The van der Waals surface area contributed by atoms with Gasteiger partial charge in [-0.1, -0.05) is 15.9 Å². The monoisotopic (exact) mass is 366 g/mol. The maximum absolute atomic E-state index is 13.7. The fourth-order valence-corrected chi connectivity index (χ4v) is 2.96. The Morgan fingerprint density at radius 3 is 2.76 bits per heavy atom. The fraction of sp³-hybridized carbons (Fsp3) is 0.133. The molecule has 1 N–H and O–H groups in total. The van der Waals surface area contributed by atoms with Crippen LogP contribution in [0, 0.1) is 17.5 Å². The van der Waals surface area contributed by atoms with Gasteiger partial charge in [-0.3, -0.25) is 4.57 Å². The van der Waals surface area contributed by atoms with Gasteiger partial charge in [-0.25, -0.2) is 4.39 Å². The lowest BCUT2D eigenvalue weighted by molar-refractivity contribution is 0.413. The van der Waals surface area contributed by atoms with Crippen LogP contribution in [0.25, 0.3) is 16.7 Å². The molecule has 0 saturated carbocycles. The molecule has 6 heteroatoms. The van der Waals surface area contributed by atoms with Crippen molar-refractivity contribution in [1.29, 1.82) is 0 Å². The zero-order valence-corrected chi connectivity index (χ0v) is 13.8. The molecule has 1 heterocycles. The number of hydrogen-bond acceptors (Lipinski definition) is 2. The van der Waals surface area contributed by atoms with Crippen LogP contribution >= 0.6 is 28.1 Å². The molecule has 0 aliphatic rings. The predicted octanol–water partition coefficient (Wildman–Crippen LogP) is 4.91. The molecule has 108 valence electrons. The summed E-state index contributed by atoms with van der Waals surface area (Å²) in [4.78, 5) is 3.03. The van der Waals surface area contributed by atoms with Crippen LogP contribution in [0.3, 0.4) is 0 Å². The number of H-pyrrole nitrogens is 1. The minimum absolute atomic E-state index is 0.257. The summed E-state index contributed by atoms with van der Waals surface area (Å²) in [7, 11) is 1.61. The Kier molecular flexibility index (Phi) is 3.59. The number of methoxy groups -OCH3 is 1. The number of fused-ring (bicyclic) bond motifs is 1. The molecule has 0 unspecified atom stereocenters. The molecule has 1 aromatic heterocycles. The first-order chi connectivity index (χ1) is 10.0. The second-order valence-electron chi connectivity index (χ2n) is 4.70. The van der Waals surface area contributed by atoms with E-state index >= 15 is 0 Å². The average Bonchev–Trinajstić information content (AvgIpc) is 2.74. The molecule has 0 atom stereocenters. The molecule has 0 aliphatic carbocycles. The maximum atomic E-state index is 13.7. The molecule has 21 heavy (non-hydrogen) atoms. The minimum atomic E-state index is -0.257. The van der Waals surface area contributed by atoms with Gasteiger partial charge in [0.05, 0.1) is 23.8 Å². The Hall–Kier alpha value is -1.66. The van der Waals surface area contributed by atoms with Crippen LogP contribution in [0.4, 0.5) is 4.39 Å². The van der Waals surface area contributed by atoms with E-state index in [9.17, 15) is 4.39 Å². The van der Waals surface area contributed by atoms with E-state index in [0.29, 0.717) is 21.6 Å². The molecule has 2 aromatic carbocycles. The predicted molar refractivity (Wildman–Crippen MR) is 87.4 cm³/mol. The van der Waals surface area contributed by atoms with Crippen molar-refractivity contribution >= 4 is 39.2 Å². The molecule has 0 radical (unpaired) electrons. The van der Waals surface area contributed by atoms with Crippen molar-refractivity contribution in [3.05, 3.63) is 51.0 Å². The minimum Gasteiger partial charge on any atom is -0.495 e. The number of halogens is 2. The van der Waals surface area contributed by atoms with Crippen LogP contribution in [0.15, 0.2) is 34.8 Å². The first-order valence-corrected chi connectivity index (χ1v) is 7.46. The summed E-state index contributed by atoms with van der Waals surface area (Å²) in [6.45, 7) is 1.73. The topological polar surface area (TPSA) is 29.9 Å². The number of rotatable bonds is 2. The highest BCUT2D eigenvalue weighted by atomic mass is 79.9. The van der Waals surface area contributed by atoms with E-state index in [0.717, 1.165) is 15.7 Å². The van der Waals surface area contributed by atoms with Crippen LogP contribution in [0.1, 0.15) is 5.56 Å². The second kappa shape index (κ2) is 5.27. The zero-order chi connectivity index (χ0) is 15.1. The molecule has 0 saturated heterocycles. The van der Waals surface area contributed by atoms with Gasteiger partial charge in [0.25, 0.3) is 0 Å². The highest BCUT2D eigenvalue weighted by molar-refractivity contribution is 9.10. The third-order valence-corrected chi connectivity index (χ3v) is 4.12. The van der Waals surface area contributed by atoms with Crippen LogP contribution in [-0.2, 0) is 0 Å². The highest BCUT2D eigenvalue weighted by Gasteiger charge is 2.13. The Morgan fingerprint density at radius 1 is 1.29 bits per heavy atom. The lowest BCUT2D eigenvalue weighted by Gasteiger charge is -2.11. The van der Waals surface area contributed by atoms with Gasteiger partial charge in [0, 0.05) is 4.47 Å². The average molecular weight is 367 g/mol. The second-order valence-corrected chi connectivity index (χ2v) is 6.00. The van der Waals surface area contributed by atoms with Crippen LogP contribution in [-0.4, -0.2) is 16.7 Å². The van der Waals surface area contributed by atoms with E-state index in [1.54, 1.807) is 20.1 Å². The molecule has 3 aromatic rings. The van der Waals surface area contributed by atoms with Gasteiger partial charge in [0.2, 0.25) is 0 Å². The molecule has 3 rings (SSSR count). The number of hydrogen-bond donors (Lipinski definition) is 1. The highest BCUT2D eigenvalue weighted by Crippen LogP contribution is 2.30. The number of ether oxygens (including phenoxy) is 1. The van der Waals surface area contributed by atoms with Gasteiger partial charge < -0.3 is 9.72 Å². The van der Waals surface area contributed by atoms with Crippen LogP contribution < -0.4 is 4.74 Å². The number of nitrogens with zero attached hydrogens (tertiary/aromatic N) is 1. The van der Waals surface area contributed by atoms with E-state index in [1.165, 1.54) is 6.07 Å². The van der Waals surface area contributed by atoms with E-state index in [4.69, 9.17) is 17.0 Å². The van der Waals surface area contributed by atoms with Crippen molar-refractivity contribution in [2.24, 2.45) is 0 Å². The Bertz CT molecular complexity index is 901. The first-order valence-electron chi connectivity index (χ1n) is 6.26. The van der Waals surface area contributed by atoms with Gasteiger partial charge in [-0.05, 0) is 55.0 Å². The summed E-state index contributed by atoms with van der Waals surface area (Å²) in [5, 5.41) is 0. The normalized spacial score (nSPS) is 11.0. The quantitative estimate of drug-likeness (QED) is 0.653. The lowest BCUT2D eigenvalue weighted by atomic mass is 10.2. The largest absolute Gasteiger partial charge is 0.495 e. The summed E-state index contributed by atoms with van der Waals surface area (Å²) >= 11 is 8.84. The summed E-state index contributed by atoms with van der Waals surface area (Å²) in [6.07, 6.45) is 0. The molecule has 0 aliphatic heterocycles. The van der Waals surface area contributed by atoms with E-state index in [1.807, 2.05) is 22.8 Å². The third kappa shape index (κ3) is 2.38. The number of benzene rings is 2. The fourth-order valence-electron chi connectivity index (χ4n) is 2.31. The summed E-state index contributed by atoms with van der Waals surface area (Å²) in [5.41, 5.74) is 2.84. The van der Waals surface area contributed by atoms with Crippen LogP contribution in [0.2, 0.25) is 0 Å². The van der Waals surface area contributed by atoms with Crippen molar-refractivity contribution < 1.29 is 9.13 Å². The van der Waals surface area contributed by atoms with E-state index < -0.39 is 0 Å². The number of aryl methyl sites for hydroxylation is 1. The summed E-state index contributed by atoms with van der Waals surface area (Å²) in [6, 6.07) is 8.90. The van der Waals surface area contributed by atoms with Gasteiger partial charge in [0.1, 0.15) is 11.6 Å². The molecule has 0 spiro atoms. The van der Waals surface area contributed by atoms with Crippen molar-refractivity contribution in [3.8, 4) is 11.4 Å². The van der Waals surface area contributed by atoms with Gasteiger partial charge in [0.15, 0.2) is 4.77 Å². The molecule has 0 amide bonds. The van der Waals surface area contributed by atoms with Gasteiger partial charge >= 0.3 is 0 Å². The molecular weight excluding hydrogens is 355 g/mol. The third-order valence-electron chi connectivity index (χ3n) is 3.34. The smallest absolute Gasteiger partial charge is 0.182 e. The van der Waals surface area contributed by atoms with Crippen molar-refractivity contribution in [2.45, 2.75) is 6.92 Å². The van der Waals surface area contributed by atoms with Crippen molar-refractivity contribution in [3.63, 3.8) is 0 Å². The molecular formula is C15H12BrFN2OS. The Morgan fingerprint density at radius 2 is 2.05 bits per heavy atom. The first kappa shape index (κ1) is 14.3. The van der Waals surface area contributed by atoms with E-state index in [2.05, 4.69) is 20.9 Å². The standard InChI is InChI=1S/C15H12BrFN2OS/c1-8-5-12-11(7-10(8)17)18-15(21)19(12)13-6-9(16)3-4-14(13)20-2/h3-7H,1-2H3,(H,18,21). The summed E-state index contributed by atoms with van der Waals surface area (Å²) in [5.74, 6) is 0.435. The zero-order valence-electron chi connectivity index (χ0n) is 11.4. The van der Waals surface area contributed by atoms with Gasteiger partial charge in [-0.2, -0.15) is 0 Å². The SMILES string of the molecule is COc1ccc(Br)cc1-n1c(=S)[nH]c2cc(F)c(C)cc21. The van der Waals surface area contributed by atoms with Crippen molar-refractivity contribution in [1.82, 2.24) is 9.55 Å². The lowest BCUT2D eigenvalue weighted by Crippen LogP contribution is -1.98. The molecule has 0 bridgehead atoms. The number of nitrogens with one attached hydrogen (secondary N) is 1. The molecule has 3 nitrogen and oxygen atoms in total. The number of aromatic amines is 1. The van der Waals surface area contributed by atoms with Crippen molar-refractivity contribution in [2.75, 3.05) is 7.11 Å². The van der Waals surface area contributed by atoms with Gasteiger partial charge in [-0.15, -0.1) is 0 Å². The maximum Gasteiger partial charge on any atom is 0.182 e. The number of aromatic nitrogens is 2. The van der Waals surface area contributed by atoms with E-state index in [-0.39, 0.29) is 5.82 Å².